The Labute approximate surface area is 153 Å². The number of carbonyl (C=O) groups excluding carboxylic acids is 3. The minimum atomic E-state index is -1.31. The first kappa shape index (κ1) is 21.5. The predicted molar refractivity (Wildman–Crippen MR) is 92.8 cm³/mol. The second kappa shape index (κ2) is 9.82. The molecule has 0 saturated heterocycles. The Hall–Kier alpha value is -3.54. The largest absolute Gasteiger partial charge is 0.480 e. The van der Waals surface area contributed by atoms with Gasteiger partial charge in [-0.15, -0.1) is 0 Å². The fourth-order valence-electron chi connectivity index (χ4n) is 1.87. The van der Waals surface area contributed by atoms with Crippen LogP contribution in [0.2, 0.25) is 0 Å². The number of carboxylic acids is 1. The molecule has 0 saturated carbocycles. The van der Waals surface area contributed by atoms with Crippen LogP contribution in [0, 0.1) is 10.1 Å². The molecule has 0 aromatic heterocycles. The van der Waals surface area contributed by atoms with Crippen molar-refractivity contribution >= 4 is 35.1 Å². The zero-order valence-corrected chi connectivity index (χ0v) is 14.4. The van der Waals surface area contributed by atoms with E-state index >= 15 is 0 Å². The minimum absolute atomic E-state index is 0.118. The van der Waals surface area contributed by atoms with Crippen LogP contribution in [0.1, 0.15) is 6.92 Å². The Bertz CT molecular complexity index is 733. The SMILES string of the molecule is C[C@H](N)C(=O)NCC(=O)NCC(=O)N(CC(=O)O)c1ccc([N+](=O)[O-])cc1. The summed E-state index contributed by atoms with van der Waals surface area (Å²) < 4.78 is 0. The van der Waals surface area contributed by atoms with Gasteiger partial charge in [0, 0.05) is 17.8 Å². The molecule has 1 aromatic rings. The summed E-state index contributed by atoms with van der Waals surface area (Å²) >= 11 is 0. The smallest absolute Gasteiger partial charge is 0.323 e. The van der Waals surface area contributed by atoms with Gasteiger partial charge in [0.25, 0.3) is 5.69 Å². The predicted octanol–water partition coefficient (Wildman–Crippen LogP) is -1.41. The number of nitro groups is 1. The number of carboxylic acid groups (broad SMARTS) is 1. The lowest BCUT2D eigenvalue weighted by Gasteiger charge is -2.21. The molecule has 27 heavy (non-hydrogen) atoms. The molecular formula is C15H19N5O7. The lowest BCUT2D eigenvalue weighted by Crippen LogP contribution is -2.47. The summed E-state index contributed by atoms with van der Waals surface area (Å²) in [6.45, 7) is -0.194. The molecule has 12 heteroatoms. The fraction of sp³-hybridized carbons (Fsp3) is 0.333. The fourth-order valence-corrected chi connectivity index (χ4v) is 1.87. The highest BCUT2D eigenvalue weighted by molar-refractivity contribution is 6.00. The topological polar surface area (TPSA) is 185 Å². The van der Waals surface area contributed by atoms with Crippen molar-refractivity contribution in [3.63, 3.8) is 0 Å². The van der Waals surface area contributed by atoms with Gasteiger partial charge in [0.05, 0.1) is 24.1 Å². The van der Waals surface area contributed by atoms with E-state index in [9.17, 15) is 29.3 Å². The van der Waals surface area contributed by atoms with E-state index in [4.69, 9.17) is 10.8 Å². The molecule has 1 aromatic carbocycles. The van der Waals surface area contributed by atoms with Gasteiger partial charge in [0.2, 0.25) is 17.7 Å². The normalized spacial score (nSPS) is 11.2. The summed E-state index contributed by atoms with van der Waals surface area (Å²) in [6, 6.07) is 3.90. The van der Waals surface area contributed by atoms with Crippen molar-refractivity contribution in [1.29, 1.82) is 0 Å². The van der Waals surface area contributed by atoms with Crippen LogP contribution in [-0.2, 0) is 19.2 Å². The van der Waals surface area contributed by atoms with Crippen LogP contribution >= 0.6 is 0 Å². The number of aliphatic carboxylic acids is 1. The van der Waals surface area contributed by atoms with Crippen molar-refractivity contribution in [2.24, 2.45) is 5.73 Å². The van der Waals surface area contributed by atoms with E-state index in [0.717, 1.165) is 17.0 Å². The third-order valence-electron chi connectivity index (χ3n) is 3.24. The van der Waals surface area contributed by atoms with Crippen LogP contribution in [0.4, 0.5) is 11.4 Å². The molecule has 5 N–H and O–H groups in total. The van der Waals surface area contributed by atoms with Crippen LogP contribution in [0.25, 0.3) is 0 Å². The van der Waals surface area contributed by atoms with Gasteiger partial charge in [-0.1, -0.05) is 0 Å². The highest BCUT2D eigenvalue weighted by Crippen LogP contribution is 2.19. The quantitative estimate of drug-likeness (QED) is 0.297. The monoisotopic (exact) mass is 381 g/mol. The van der Waals surface area contributed by atoms with Crippen LogP contribution < -0.4 is 21.3 Å². The van der Waals surface area contributed by atoms with Crippen molar-refractivity contribution in [2.75, 3.05) is 24.5 Å². The maximum atomic E-state index is 12.3. The number of nitrogens with one attached hydrogen (secondary N) is 2. The number of benzene rings is 1. The Balaban J connectivity index is 2.72. The first-order valence-electron chi connectivity index (χ1n) is 7.68. The van der Waals surface area contributed by atoms with Gasteiger partial charge in [-0.3, -0.25) is 34.2 Å². The van der Waals surface area contributed by atoms with Crippen LogP contribution in [0.15, 0.2) is 24.3 Å². The van der Waals surface area contributed by atoms with Crippen molar-refractivity contribution in [3.8, 4) is 0 Å². The minimum Gasteiger partial charge on any atom is -0.480 e. The number of nitrogens with zero attached hydrogens (tertiary/aromatic N) is 2. The van der Waals surface area contributed by atoms with E-state index in [0.29, 0.717) is 0 Å². The average molecular weight is 381 g/mol. The molecule has 0 fully saturated rings. The second-order valence-electron chi connectivity index (χ2n) is 5.43. The van der Waals surface area contributed by atoms with Crippen molar-refractivity contribution in [1.82, 2.24) is 10.6 Å². The maximum absolute atomic E-state index is 12.3. The molecule has 0 heterocycles. The van der Waals surface area contributed by atoms with E-state index in [1.807, 2.05) is 0 Å². The van der Waals surface area contributed by atoms with E-state index in [1.54, 1.807) is 0 Å². The van der Waals surface area contributed by atoms with E-state index in [1.165, 1.54) is 19.1 Å². The molecule has 3 amide bonds. The van der Waals surface area contributed by atoms with Crippen LogP contribution in [0.5, 0.6) is 0 Å². The molecule has 146 valence electrons. The number of amides is 3. The van der Waals surface area contributed by atoms with Gasteiger partial charge < -0.3 is 21.5 Å². The number of nitrogens with two attached hydrogens (primary N) is 1. The van der Waals surface area contributed by atoms with Gasteiger partial charge in [0.15, 0.2) is 0 Å². The Kier molecular flexibility index (Phi) is 7.82. The number of anilines is 1. The molecule has 0 unspecified atom stereocenters. The maximum Gasteiger partial charge on any atom is 0.323 e. The highest BCUT2D eigenvalue weighted by Gasteiger charge is 2.20. The zero-order chi connectivity index (χ0) is 20.6. The van der Waals surface area contributed by atoms with E-state index in [2.05, 4.69) is 10.6 Å². The standard InChI is InChI=1S/C15H19N5O7/c1-9(16)15(25)18-6-12(21)17-7-13(22)19(8-14(23)24)10-2-4-11(5-3-10)20(26)27/h2-5,9H,6-8,16H2,1H3,(H,17,21)(H,18,25)(H,23,24)/t9-/m0/s1. The number of carbonyl (C=O) groups is 4. The summed E-state index contributed by atoms with van der Waals surface area (Å²) in [4.78, 5) is 57.1. The first-order valence-corrected chi connectivity index (χ1v) is 7.68. The van der Waals surface area contributed by atoms with Crippen molar-refractivity contribution in [3.05, 3.63) is 34.4 Å². The van der Waals surface area contributed by atoms with Crippen molar-refractivity contribution in [2.45, 2.75) is 13.0 Å². The summed E-state index contributed by atoms with van der Waals surface area (Å²) in [5, 5.41) is 24.1. The van der Waals surface area contributed by atoms with Crippen molar-refractivity contribution < 1.29 is 29.2 Å². The number of non-ortho nitro benzene ring substituents is 1. The van der Waals surface area contributed by atoms with Gasteiger partial charge in [-0.2, -0.15) is 0 Å². The van der Waals surface area contributed by atoms with Crippen LogP contribution in [-0.4, -0.2) is 59.4 Å². The van der Waals surface area contributed by atoms with Gasteiger partial charge in [-0.05, 0) is 19.1 Å². The molecule has 0 bridgehead atoms. The highest BCUT2D eigenvalue weighted by atomic mass is 16.6. The van der Waals surface area contributed by atoms with Gasteiger partial charge >= 0.3 is 5.97 Å². The van der Waals surface area contributed by atoms with E-state index in [-0.39, 0.29) is 11.4 Å². The number of nitro benzene ring substituents is 1. The lowest BCUT2D eigenvalue weighted by atomic mass is 10.2. The third-order valence-corrected chi connectivity index (χ3v) is 3.24. The molecular weight excluding hydrogens is 362 g/mol. The summed E-state index contributed by atoms with van der Waals surface area (Å²) in [5.74, 6) is -3.28. The Morgan fingerprint density at radius 2 is 1.78 bits per heavy atom. The Morgan fingerprint density at radius 1 is 1.19 bits per heavy atom. The molecule has 0 aliphatic rings. The molecule has 1 rings (SSSR count). The zero-order valence-electron chi connectivity index (χ0n) is 14.4. The summed E-state index contributed by atoms with van der Waals surface area (Å²) in [6.07, 6.45) is 0. The first-order chi connectivity index (χ1) is 12.6. The molecule has 12 nitrogen and oxygen atoms in total. The molecule has 0 aliphatic carbocycles. The number of rotatable bonds is 9. The molecule has 0 spiro atoms. The van der Waals surface area contributed by atoms with Gasteiger partial charge in [-0.25, -0.2) is 0 Å². The van der Waals surface area contributed by atoms with Gasteiger partial charge in [0.1, 0.15) is 6.54 Å². The summed E-state index contributed by atoms with van der Waals surface area (Å²) in [5.41, 5.74) is 5.22. The lowest BCUT2D eigenvalue weighted by molar-refractivity contribution is -0.384. The van der Waals surface area contributed by atoms with E-state index < -0.39 is 54.3 Å². The summed E-state index contributed by atoms with van der Waals surface area (Å²) in [7, 11) is 0. The Morgan fingerprint density at radius 3 is 2.26 bits per heavy atom. The number of hydrogen-bond acceptors (Lipinski definition) is 7. The molecule has 0 aliphatic heterocycles. The molecule has 0 radical (unpaired) electrons. The number of hydrogen-bond donors (Lipinski definition) is 4. The average Bonchev–Trinajstić information content (AvgIpc) is 2.61. The second-order valence-corrected chi connectivity index (χ2v) is 5.43. The third kappa shape index (κ3) is 7.07. The van der Waals surface area contributed by atoms with Crippen LogP contribution in [0.3, 0.4) is 0 Å². The molecule has 1 atom stereocenters.